The third-order valence-electron chi connectivity index (χ3n) is 7.96. The number of nitriles is 1. The first-order chi connectivity index (χ1) is 21.0. The summed E-state index contributed by atoms with van der Waals surface area (Å²) in [4.78, 5) is 13.7. The van der Waals surface area contributed by atoms with E-state index in [-0.39, 0.29) is 11.8 Å². The number of methoxy groups -OCH3 is 1. The predicted molar refractivity (Wildman–Crippen MR) is 172 cm³/mol. The summed E-state index contributed by atoms with van der Waals surface area (Å²) in [7, 11) is 1.37. The van der Waals surface area contributed by atoms with Crippen molar-refractivity contribution in [2.45, 2.75) is 24.2 Å². The summed E-state index contributed by atoms with van der Waals surface area (Å²) < 4.78 is 21.9. The molecule has 0 aliphatic heterocycles. The van der Waals surface area contributed by atoms with Crippen LogP contribution in [0.3, 0.4) is 0 Å². The SMILES string of the molecule is COC(=O)c1ccc(-c2cccc(-c3c(-c4ccsc4C#N)c4cc(F)ccc4n3Sc3ccc4c(c3)CCC4)c2)cc1. The summed E-state index contributed by atoms with van der Waals surface area (Å²) >= 11 is 3.00. The third kappa shape index (κ3) is 4.93. The molecule has 4 nitrogen and oxygen atoms in total. The van der Waals surface area contributed by atoms with Crippen LogP contribution < -0.4 is 0 Å². The van der Waals surface area contributed by atoms with Gasteiger partial charge in [0.25, 0.3) is 0 Å². The van der Waals surface area contributed by atoms with E-state index in [0.717, 1.165) is 62.2 Å². The zero-order valence-corrected chi connectivity index (χ0v) is 24.9. The summed E-state index contributed by atoms with van der Waals surface area (Å²) in [5, 5.41) is 12.7. The molecule has 0 amide bonds. The van der Waals surface area contributed by atoms with Gasteiger partial charge < -0.3 is 4.74 Å². The van der Waals surface area contributed by atoms with Gasteiger partial charge in [-0.05, 0) is 113 Å². The number of nitrogens with zero attached hydrogens (tertiary/aromatic N) is 2. The van der Waals surface area contributed by atoms with Gasteiger partial charge in [-0.2, -0.15) is 5.26 Å². The molecular formula is C36H25FN2O2S2. The number of esters is 1. The summed E-state index contributed by atoms with van der Waals surface area (Å²) in [6.45, 7) is 0. The van der Waals surface area contributed by atoms with E-state index >= 15 is 0 Å². The number of aromatic nitrogens is 1. The maximum absolute atomic E-state index is 14.9. The van der Waals surface area contributed by atoms with Crippen LogP contribution in [0.5, 0.6) is 0 Å². The van der Waals surface area contributed by atoms with Crippen molar-refractivity contribution in [2.75, 3.05) is 7.11 Å². The summed E-state index contributed by atoms with van der Waals surface area (Å²) in [6.07, 6.45) is 3.37. The highest BCUT2D eigenvalue weighted by Crippen LogP contribution is 2.47. The molecule has 1 aliphatic rings. The van der Waals surface area contributed by atoms with Crippen molar-refractivity contribution >= 4 is 40.2 Å². The largest absolute Gasteiger partial charge is 0.465 e. The Morgan fingerprint density at radius 2 is 1.74 bits per heavy atom. The third-order valence-corrected chi connectivity index (χ3v) is 9.81. The van der Waals surface area contributed by atoms with Gasteiger partial charge >= 0.3 is 5.97 Å². The molecule has 0 bridgehead atoms. The lowest BCUT2D eigenvalue weighted by Gasteiger charge is -2.14. The van der Waals surface area contributed by atoms with Crippen molar-refractivity contribution in [1.82, 2.24) is 3.97 Å². The fraction of sp³-hybridized carbons (Fsp3) is 0.111. The Kier molecular flexibility index (Phi) is 7.10. The Balaban J connectivity index is 1.45. The number of carbonyl (C=O) groups excluding carboxylic acids is 1. The van der Waals surface area contributed by atoms with Crippen LogP contribution in [0.2, 0.25) is 0 Å². The molecule has 4 aromatic carbocycles. The molecule has 210 valence electrons. The molecule has 43 heavy (non-hydrogen) atoms. The van der Waals surface area contributed by atoms with Crippen LogP contribution in [0.25, 0.3) is 44.4 Å². The van der Waals surface area contributed by atoms with Gasteiger partial charge in [0, 0.05) is 27.0 Å². The van der Waals surface area contributed by atoms with E-state index in [2.05, 4.69) is 40.4 Å². The fourth-order valence-electron chi connectivity index (χ4n) is 5.93. The predicted octanol–water partition coefficient (Wildman–Crippen LogP) is 9.55. The summed E-state index contributed by atoms with van der Waals surface area (Å²) in [6, 6.07) is 31.4. The Labute approximate surface area is 257 Å². The van der Waals surface area contributed by atoms with E-state index in [9.17, 15) is 14.4 Å². The van der Waals surface area contributed by atoms with E-state index in [0.29, 0.717) is 10.4 Å². The van der Waals surface area contributed by atoms with Gasteiger partial charge in [0.2, 0.25) is 0 Å². The smallest absolute Gasteiger partial charge is 0.337 e. The van der Waals surface area contributed by atoms with E-state index in [1.165, 1.54) is 42.1 Å². The first kappa shape index (κ1) is 27.2. The van der Waals surface area contributed by atoms with Crippen molar-refractivity contribution in [3.8, 4) is 39.6 Å². The first-order valence-electron chi connectivity index (χ1n) is 14.0. The standard InChI is InChI=1S/C36H25FN2O2S2/c1-41-36(40)24-10-8-23(9-11-24)25-5-3-7-27(18-25)35-34(30-16-17-42-33(30)21-38)31-20-28(37)13-15-32(31)39(35)43-29-14-12-22-4-2-6-26(22)19-29/h3,5,7-20H,2,4,6H2,1H3. The van der Waals surface area contributed by atoms with Crippen LogP contribution in [-0.2, 0) is 17.6 Å². The average Bonchev–Trinajstić information content (AvgIpc) is 3.78. The molecule has 1 aliphatic carbocycles. The number of ether oxygens (including phenoxy) is 1. The topological polar surface area (TPSA) is 55.0 Å². The van der Waals surface area contributed by atoms with E-state index in [1.54, 1.807) is 30.1 Å². The normalized spacial score (nSPS) is 12.3. The number of benzene rings is 4. The van der Waals surface area contributed by atoms with Crippen LogP contribution >= 0.6 is 23.3 Å². The maximum atomic E-state index is 14.9. The number of aryl methyl sites for hydroxylation is 2. The van der Waals surface area contributed by atoms with Crippen molar-refractivity contribution in [3.05, 3.63) is 124 Å². The molecule has 2 aromatic heterocycles. The van der Waals surface area contributed by atoms with Gasteiger partial charge in [0.15, 0.2) is 0 Å². The molecule has 0 atom stereocenters. The lowest BCUT2D eigenvalue weighted by atomic mass is 9.96. The molecule has 7 heteroatoms. The lowest BCUT2D eigenvalue weighted by Crippen LogP contribution is -2.00. The number of rotatable bonds is 6. The van der Waals surface area contributed by atoms with Gasteiger partial charge in [0.05, 0.1) is 23.9 Å². The molecule has 0 radical (unpaired) electrons. The second-order valence-electron chi connectivity index (χ2n) is 10.5. The number of carbonyl (C=O) groups is 1. The Bertz CT molecular complexity index is 2070. The van der Waals surface area contributed by atoms with E-state index in [1.807, 2.05) is 41.8 Å². The van der Waals surface area contributed by atoms with Crippen LogP contribution in [0.4, 0.5) is 4.39 Å². The van der Waals surface area contributed by atoms with Gasteiger partial charge in [-0.15, -0.1) is 11.3 Å². The molecule has 0 unspecified atom stereocenters. The molecule has 2 heterocycles. The minimum absolute atomic E-state index is 0.326. The molecule has 0 saturated heterocycles. The van der Waals surface area contributed by atoms with Gasteiger partial charge in [0.1, 0.15) is 16.8 Å². The fourth-order valence-corrected chi connectivity index (χ4v) is 7.70. The average molecular weight is 601 g/mol. The second-order valence-corrected chi connectivity index (χ2v) is 12.4. The Morgan fingerprint density at radius 1 is 0.930 bits per heavy atom. The van der Waals surface area contributed by atoms with Crippen molar-refractivity contribution in [3.63, 3.8) is 0 Å². The number of halogens is 1. The van der Waals surface area contributed by atoms with Gasteiger partial charge in [-0.3, -0.25) is 3.97 Å². The number of thiophene rings is 1. The zero-order valence-electron chi connectivity index (χ0n) is 23.3. The highest BCUT2D eigenvalue weighted by atomic mass is 32.2. The van der Waals surface area contributed by atoms with Crippen LogP contribution in [-0.4, -0.2) is 17.1 Å². The molecular weight excluding hydrogens is 576 g/mol. The molecule has 0 fully saturated rings. The number of hydrogen-bond acceptors (Lipinski definition) is 5. The minimum Gasteiger partial charge on any atom is -0.465 e. The second kappa shape index (κ2) is 11.2. The van der Waals surface area contributed by atoms with Gasteiger partial charge in [-0.1, -0.05) is 36.4 Å². The summed E-state index contributed by atoms with van der Waals surface area (Å²) in [5.74, 6) is -0.706. The molecule has 0 spiro atoms. The van der Waals surface area contributed by atoms with Crippen LogP contribution in [0, 0.1) is 17.1 Å². The Hall–Kier alpha value is -4.64. The lowest BCUT2D eigenvalue weighted by molar-refractivity contribution is 0.0600. The van der Waals surface area contributed by atoms with Crippen molar-refractivity contribution in [2.24, 2.45) is 0 Å². The molecule has 7 rings (SSSR count). The highest BCUT2D eigenvalue weighted by Gasteiger charge is 2.25. The van der Waals surface area contributed by atoms with Gasteiger partial charge in [-0.25, -0.2) is 9.18 Å². The minimum atomic E-state index is -0.380. The first-order valence-corrected chi connectivity index (χ1v) is 15.6. The number of fused-ring (bicyclic) bond motifs is 2. The molecule has 0 N–H and O–H groups in total. The van der Waals surface area contributed by atoms with Crippen molar-refractivity contribution < 1.29 is 13.9 Å². The van der Waals surface area contributed by atoms with E-state index < -0.39 is 0 Å². The number of hydrogen-bond donors (Lipinski definition) is 0. The highest BCUT2D eigenvalue weighted by molar-refractivity contribution is 7.98. The Morgan fingerprint density at radius 3 is 2.56 bits per heavy atom. The van der Waals surface area contributed by atoms with Crippen molar-refractivity contribution in [1.29, 1.82) is 5.26 Å². The molecule has 6 aromatic rings. The van der Waals surface area contributed by atoms with E-state index in [4.69, 9.17) is 4.74 Å². The quantitative estimate of drug-likeness (QED) is 0.179. The van der Waals surface area contributed by atoms with Crippen LogP contribution in [0.1, 0.15) is 32.8 Å². The molecule has 0 saturated carbocycles. The maximum Gasteiger partial charge on any atom is 0.337 e. The summed E-state index contributed by atoms with van der Waals surface area (Å²) in [5.41, 5.74) is 9.53. The zero-order chi connectivity index (χ0) is 29.5. The van der Waals surface area contributed by atoms with Crippen LogP contribution in [0.15, 0.2) is 101 Å². The monoisotopic (exact) mass is 600 g/mol.